The number of amides is 2. The minimum absolute atomic E-state index is 0.0624. The van der Waals surface area contributed by atoms with E-state index in [1.54, 1.807) is 23.1 Å². The van der Waals surface area contributed by atoms with E-state index in [4.69, 9.17) is 11.6 Å². The summed E-state index contributed by atoms with van der Waals surface area (Å²) >= 11 is 9.60. The molecule has 40 heavy (non-hydrogen) atoms. The number of hydrogen-bond acceptors (Lipinski definition) is 4. The van der Waals surface area contributed by atoms with Crippen LogP contribution in [0.25, 0.3) is 0 Å². The smallest absolute Gasteiger partial charge is 0.243 e. The molecule has 0 saturated heterocycles. The third kappa shape index (κ3) is 9.08. The molecule has 0 unspecified atom stereocenters. The van der Waals surface area contributed by atoms with E-state index in [1.807, 2.05) is 68.4 Å². The van der Waals surface area contributed by atoms with Gasteiger partial charge in [-0.15, -0.1) is 0 Å². The average molecular weight is 649 g/mol. The number of aryl methyl sites for hydroxylation is 1. The van der Waals surface area contributed by atoms with Crippen molar-refractivity contribution in [3.8, 4) is 0 Å². The van der Waals surface area contributed by atoms with Crippen LogP contribution in [-0.4, -0.2) is 50.5 Å². The second-order valence-electron chi connectivity index (χ2n) is 9.62. The van der Waals surface area contributed by atoms with Crippen molar-refractivity contribution in [2.45, 2.75) is 45.7 Å². The first kappa shape index (κ1) is 31.6. The van der Waals surface area contributed by atoms with Gasteiger partial charge in [0.15, 0.2) is 0 Å². The highest BCUT2D eigenvalue weighted by Crippen LogP contribution is 2.27. The summed E-state index contributed by atoms with van der Waals surface area (Å²) in [6.07, 6.45) is 1.82. The highest BCUT2D eigenvalue weighted by atomic mass is 79.9. The Balaban J connectivity index is 1.87. The van der Waals surface area contributed by atoms with Crippen molar-refractivity contribution in [2.75, 3.05) is 23.7 Å². The van der Waals surface area contributed by atoms with Crippen LogP contribution < -0.4 is 9.62 Å². The number of carbonyl (C=O) groups is 2. The van der Waals surface area contributed by atoms with Crippen molar-refractivity contribution >= 4 is 55.1 Å². The van der Waals surface area contributed by atoms with Crippen molar-refractivity contribution in [2.24, 2.45) is 0 Å². The summed E-state index contributed by atoms with van der Waals surface area (Å²) in [5, 5.41) is 3.31. The Bertz CT molecular complexity index is 1400. The van der Waals surface area contributed by atoms with Gasteiger partial charge in [-0.25, -0.2) is 8.42 Å². The maximum Gasteiger partial charge on any atom is 0.243 e. The van der Waals surface area contributed by atoms with Gasteiger partial charge >= 0.3 is 0 Å². The molecule has 0 aromatic heterocycles. The van der Waals surface area contributed by atoms with Gasteiger partial charge in [-0.3, -0.25) is 13.9 Å². The average Bonchev–Trinajstić information content (AvgIpc) is 2.91. The van der Waals surface area contributed by atoms with Crippen LogP contribution in [-0.2, 0) is 32.6 Å². The SMILES string of the molecule is CCNC(=O)[C@@H](Cc1ccccc1)N(Cc1ccc(Br)cc1)C(=O)CCCN(c1cc(Cl)ccc1C)S(C)(=O)=O. The molecule has 214 valence electrons. The zero-order chi connectivity index (χ0) is 29.3. The molecule has 1 N–H and O–H groups in total. The third-order valence-corrected chi connectivity index (χ3v) is 8.42. The molecule has 0 radical (unpaired) electrons. The largest absolute Gasteiger partial charge is 0.355 e. The molecule has 0 heterocycles. The van der Waals surface area contributed by atoms with E-state index >= 15 is 0 Å². The fourth-order valence-electron chi connectivity index (χ4n) is 4.47. The zero-order valence-electron chi connectivity index (χ0n) is 22.9. The molecule has 3 aromatic carbocycles. The van der Waals surface area contributed by atoms with E-state index in [0.29, 0.717) is 23.7 Å². The number of rotatable bonds is 13. The molecule has 0 saturated carbocycles. The van der Waals surface area contributed by atoms with Gasteiger partial charge in [0.2, 0.25) is 21.8 Å². The van der Waals surface area contributed by atoms with Crippen molar-refractivity contribution in [1.82, 2.24) is 10.2 Å². The van der Waals surface area contributed by atoms with Gasteiger partial charge in [0.05, 0.1) is 11.9 Å². The number of hydrogen-bond donors (Lipinski definition) is 1. The van der Waals surface area contributed by atoms with Gasteiger partial charge in [-0.2, -0.15) is 0 Å². The first-order valence-corrected chi connectivity index (χ1v) is 16.1. The lowest BCUT2D eigenvalue weighted by Crippen LogP contribution is -2.50. The summed E-state index contributed by atoms with van der Waals surface area (Å²) in [5.41, 5.74) is 3.06. The molecular formula is C30H35BrClN3O4S. The number of benzene rings is 3. The Morgan fingerprint density at radius 2 is 1.68 bits per heavy atom. The molecular weight excluding hydrogens is 614 g/mol. The maximum absolute atomic E-state index is 13.8. The molecule has 3 rings (SSSR count). The predicted molar refractivity (Wildman–Crippen MR) is 165 cm³/mol. The first-order valence-electron chi connectivity index (χ1n) is 13.1. The highest BCUT2D eigenvalue weighted by molar-refractivity contribution is 9.10. The summed E-state index contributed by atoms with van der Waals surface area (Å²) in [5.74, 6) is -0.463. The Hall–Kier alpha value is -2.88. The molecule has 1 atom stereocenters. The summed E-state index contributed by atoms with van der Waals surface area (Å²) in [7, 11) is -3.62. The van der Waals surface area contributed by atoms with Crippen molar-refractivity contribution in [3.63, 3.8) is 0 Å². The predicted octanol–water partition coefficient (Wildman–Crippen LogP) is 5.73. The fourth-order valence-corrected chi connectivity index (χ4v) is 5.91. The van der Waals surface area contributed by atoms with Crippen LogP contribution in [0.5, 0.6) is 0 Å². The van der Waals surface area contributed by atoms with Crippen LogP contribution >= 0.6 is 27.5 Å². The topological polar surface area (TPSA) is 86.8 Å². The van der Waals surface area contributed by atoms with Crippen LogP contribution in [0.4, 0.5) is 5.69 Å². The summed E-state index contributed by atoms with van der Waals surface area (Å²) in [4.78, 5) is 28.7. The van der Waals surface area contributed by atoms with Crippen molar-refractivity contribution in [1.29, 1.82) is 0 Å². The standard InChI is InChI=1S/C30H35BrClN3O4S/c1-4-33-30(37)28(19-23-9-6-5-7-10-23)34(21-24-13-15-25(31)16-14-24)29(36)11-8-18-35(40(3,38)39)27-20-26(32)17-12-22(27)2/h5-7,9-10,12-17,20,28H,4,8,11,18-19,21H2,1-3H3,(H,33,37)/t28-/m1/s1. The number of anilines is 1. The van der Waals surface area contributed by atoms with Gasteiger partial charge in [0.25, 0.3) is 0 Å². The number of carbonyl (C=O) groups excluding carboxylic acids is 2. The summed E-state index contributed by atoms with van der Waals surface area (Å²) in [6.45, 7) is 4.44. The third-order valence-electron chi connectivity index (χ3n) is 6.48. The van der Waals surface area contributed by atoms with Crippen LogP contribution in [0.15, 0.2) is 77.3 Å². The summed E-state index contributed by atoms with van der Waals surface area (Å²) < 4.78 is 27.6. The van der Waals surface area contributed by atoms with Crippen LogP contribution in [0.1, 0.15) is 36.5 Å². The first-order chi connectivity index (χ1) is 19.0. The van der Waals surface area contributed by atoms with Crippen LogP contribution in [0.3, 0.4) is 0 Å². The highest BCUT2D eigenvalue weighted by Gasteiger charge is 2.30. The summed E-state index contributed by atoms with van der Waals surface area (Å²) in [6, 6.07) is 21.6. The quantitative estimate of drug-likeness (QED) is 0.256. The number of sulfonamides is 1. The molecule has 0 aliphatic rings. The van der Waals surface area contributed by atoms with E-state index in [9.17, 15) is 18.0 Å². The molecule has 0 spiro atoms. The lowest BCUT2D eigenvalue weighted by atomic mass is 10.0. The van der Waals surface area contributed by atoms with Crippen LogP contribution in [0, 0.1) is 6.92 Å². The Morgan fingerprint density at radius 1 is 1.00 bits per heavy atom. The minimum Gasteiger partial charge on any atom is -0.355 e. The van der Waals surface area contributed by atoms with E-state index in [-0.39, 0.29) is 37.7 Å². The van der Waals surface area contributed by atoms with Gasteiger partial charge in [0.1, 0.15) is 6.04 Å². The molecule has 7 nitrogen and oxygen atoms in total. The molecule has 2 amide bonds. The van der Waals surface area contributed by atoms with E-state index in [0.717, 1.165) is 27.4 Å². The number of nitrogens with one attached hydrogen (secondary N) is 1. The van der Waals surface area contributed by atoms with Gasteiger partial charge in [0, 0.05) is 42.0 Å². The van der Waals surface area contributed by atoms with Crippen molar-refractivity contribution in [3.05, 3.63) is 99.0 Å². The van der Waals surface area contributed by atoms with E-state index in [2.05, 4.69) is 21.2 Å². The van der Waals surface area contributed by atoms with Gasteiger partial charge in [-0.05, 0) is 61.2 Å². The second-order valence-corrected chi connectivity index (χ2v) is 12.9. The molecule has 0 bridgehead atoms. The van der Waals surface area contributed by atoms with E-state index < -0.39 is 16.1 Å². The zero-order valence-corrected chi connectivity index (χ0v) is 26.1. The van der Waals surface area contributed by atoms with E-state index in [1.165, 1.54) is 4.31 Å². The lowest BCUT2D eigenvalue weighted by molar-refractivity contribution is -0.141. The second kappa shape index (κ2) is 14.7. The molecule has 0 fully saturated rings. The Labute approximate surface area is 250 Å². The lowest BCUT2D eigenvalue weighted by Gasteiger charge is -2.32. The molecule has 3 aromatic rings. The molecule has 0 aliphatic carbocycles. The van der Waals surface area contributed by atoms with Crippen LogP contribution in [0.2, 0.25) is 5.02 Å². The number of likely N-dealkylation sites (N-methyl/N-ethyl adjacent to an activating group) is 1. The minimum atomic E-state index is -3.62. The Morgan fingerprint density at radius 3 is 2.30 bits per heavy atom. The molecule has 10 heteroatoms. The van der Waals surface area contributed by atoms with Crippen molar-refractivity contribution < 1.29 is 18.0 Å². The van der Waals surface area contributed by atoms with Gasteiger partial charge < -0.3 is 10.2 Å². The normalized spacial score (nSPS) is 12.0. The fraction of sp³-hybridized carbons (Fsp3) is 0.333. The number of halogens is 2. The molecule has 0 aliphatic heterocycles. The Kier molecular flexibility index (Phi) is 11.6. The maximum atomic E-state index is 13.8. The monoisotopic (exact) mass is 647 g/mol. The number of nitrogens with zero attached hydrogens (tertiary/aromatic N) is 2. The van der Waals surface area contributed by atoms with Gasteiger partial charge in [-0.1, -0.05) is 76.1 Å².